The molecule has 5 nitrogen and oxygen atoms in total. The third-order valence-corrected chi connectivity index (χ3v) is 5.03. The van der Waals surface area contributed by atoms with Gasteiger partial charge in [0, 0.05) is 25.4 Å². The number of piperidine rings is 1. The van der Waals surface area contributed by atoms with Crippen LogP contribution in [0.2, 0.25) is 0 Å². The number of amides is 1. The van der Waals surface area contributed by atoms with Crippen molar-refractivity contribution in [2.75, 3.05) is 32.9 Å². The van der Waals surface area contributed by atoms with Gasteiger partial charge in [0.2, 0.25) is 5.91 Å². The van der Waals surface area contributed by atoms with Crippen molar-refractivity contribution in [1.82, 2.24) is 4.90 Å². The predicted molar refractivity (Wildman–Crippen MR) is 84.3 cm³/mol. The Bertz CT molecular complexity index is 574. The molecule has 4 rings (SSSR count). The normalized spacial score (nSPS) is 22.2. The van der Waals surface area contributed by atoms with Crippen LogP contribution in [-0.2, 0) is 27.1 Å². The number of fused-ring (bicyclic) bond motifs is 1. The first-order chi connectivity index (χ1) is 11.3. The Labute approximate surface area is 136 Å². The minimum atomic E-state index is -0.0519. The van der Waals surface area contributed by atoms with Crippen LogP contribution < -0.4 is 4.74 Å². The fourth-order valence-electron chi connectivity index (χ4n) is 3.71. The van der Waals surface area contributed by atoms with Crippen LogP contribution in [0, 0.1) is 5.92 Å². The van der Waals surface area contributed by atoms with Gasteiger partial charge in [-0.15, -0.1) is 0 Å². The Morgan fingerprint density at radius 3 is 2.70 bits per heavy atom. The van der Waals surface area contributed by atoms with Crippen molar-refractivity contribution in [1.29, 1.82) is 0 Å². The SMILES string of the molecule is O=C(Cc1ccc2c(c1)CCO2)N1CCC(C2OCCO2)CC1. The highest BCUT2D eigenvalue weighted by atomic mass is 16.7. The Morgan fingerprint density at radius 2 is 1.91 bits per heavy atom. The maximum Gasteiger partial charge on any atom is 0.226 e. The van der Waals surface area contributed by atoms with Crippen LogP contribution in [0.3, 0.4) is 0 Å². The quantitative estimate of drug-likeness (QED) is 0.852. The maximum absolute atomic E-state index is 12.5. The second-order valence-corrected chi connectivity index (χ2v) is 6.55. The molecule has 2 saturated heterocycles. The van der Waals surface area contributed by atoms with E-state index >= 15 is 0 Å². The molecule has 0 unspecified atom stereocenters. The first-order valence-electron chi connectivity index (χ1n) is 8.55. The Kier molecular flexibility index (Phi) is 4.23. The summed E-state index contributed by atoms with van der Waals surface area (Å²) in [6.45, 7) is 3.77. The number of benzene rings is 1. The lowest BCUT2D eigenvalue weighted by Crippen LogP contribution is -2.42. The van der Waals surface area contributed by atoms with Crippen molar-refractivity contribution in [3.8, 4) is 5.75 Å². The molecule has 1 aromatic carbocycles. The summed E-state index contributed by atoms with van der Waals surface area (Å²) < 4.78 is 16.7. The molecule has 3 aliphatic heterocycles. The Hall–Kier alpha value is -1.59. The summed E-state index contributed by atoms with van der Waals surface area (Å²) in [7, 11) is 0. The fourth-order valence-corrected chi connectivity index (χ4v) is 3.71. The zero-order valence-corrected chi connectivity index (χ0v) is 13.3. The van der Waals surface area contributed by atoms with Gasteiger partial charge in [0.25, 0.3) is 0 Å². The first kappa shape index (κ1) is 15.0. The van der Waals surface area contributed by atoms with Crippen LogP contribution in [-0.4, -0.2) is 50.0 Å². The molecule has 0 N–H and O–H groups in total. The van der Waals surface area contributed by atoms with Gasteiger partial charge in [-0.05, 0) is 30.0 Å². The van der Waals surface area contributed by atoms with E-state index in [0.29, 0.717) is 25.6 Å². The van der Waals surface area contributed by atoms with Gasteiger partial charge in [-0.2, -0.15) is 0 Å². The standard InChI is InChI=1S/C18H23NO4/c20-17(12-13-1-2-16-15(11-13)5-8-21-16)19-6-3-14(4-7-19)18-22-9-10-23-18/h1-2,11,14,18H,3-10,12H2. The van der Waals surface area contributed by atoms with E-state index in [4.69, 9.17) is 14.2 Å². The number of ether oxygens (including phenoxy) is 3. The largest absolute Gasteiger partial charge is 0.493 e. The van der Waals surface area contributed by atoms with E-state index in [0.717, 1.165) is 50.3 Å². The van der Waals surface area contributed by atoms with Crippen LogP contribution >= 0.6 is 0 Å². The third kappa shape index (κ3) is 3.21. The number of carbonyl (C=O) groups excluding carboxylic acids is 1. The lowest BCUT2D eigenvalue weighted by molar-refractivity contribution is -0.136. The average molecular weight is 317 g/mol. The van der Waals surface area contributed by atoms with E-state index < -0.39 is 0 Å². The van der Waals surface area contributed by atoms with Crippen molar-refractivity contribution in [3.05, 3.63) is 29.3 Å². The summed E-state index contributed by atoms with van der Waals surface area (Å²) in [5.41, 5.74) is 2.31. The maximum atomic E-state index is 12.5. The predicted octanol–water partition coefficient (Wildman–Crippen LogP) is 1.78. The highest BCUT2D eigenvalue weighted by Crippen LogP contribution is 2.28. The molecule has 124 valence electrons. The lowest BCUT2D eigenvalue weighted by Gasteiger charge is -2.34. The van der Waals surface area contributed by atoms with Crippen molar-refractivity contribution in [3.63, 3.8) is 0 Å². The number of hydrogen-bond acceptors (Lipinski definition) is 4. The van der Waals surface area contributed by atoms with Gasteiger partial charge in [-0.1, -0.05) is 12.1 Å². The Morgan fingerprint density at radius 1 is 1.13 bits per heavy atom. The molecule has 23 heavy (non-hydrogen) atoms. The van der Waals surface area contributed by atoms with Gasteiger partial charge < -0.3 is 19.1 Å². The third-order valence-electron chi connectivity index (χ3n) is 5.03. The molecule has 3 heterocycles. The Balaban J connectivity index is 1.31. The molecular formula is C18H23NO4. The van der Waals surface area contributed by atoms with Gasteiger partial charge in [0.05, 0.1) is 26.2 Å². The second-order valence-electron chi connectivity index (χ2n) is 6.55. The number of nitrogens with zero attached hydrogens (tertiary/aromatic N) is 1. The van der Waals surface area contributed by atoms with Crippen LogP contribution in [0.4, 0.5) is 0 Å². The summed E-state index contributed by atoms with van der Waals surface area (Å²) >= 11 is 0. The molecule has 0 aromatic heterocycles. The van der Waals surface area contributed by atoms with Crippen LogP contribution in [0.1, 0.15) is 24.0 Å². The van der Waals surface area contributed by atoms with Gasteiger partial charge in [0.15, 0.2) is 6.29 Å². The zero-order valence-electron chi connectivity index (χ0n) is 13.3. The molecule has 1 aromatic rings. The van der Waals surface area contributed by atoms with Crippen molar-refractivity contribution >= 4 is 5.91 Å². The summed E-state index contributed by atoms with van der Waals surface area (Å²) in [6, 6.07) is 6.12. The highest BCUT2D eigenvalue weighted by Gasteiger charge is 2.31. The van der Waals surface area contributed by atoms with E-state index in [9.17, 15) is 4.79 Å². The van der Waals surface area contributed by atoms with E-state index in [1.165, 1.54) is 5.56 Å². The molecule has 1 amide bonds. The smallest absolute Gasteiger partial charge is 0.226 e. The number of carbonyl (C=O) groups is 1. The summed E-state index contributed by atoms with van der Waals surface area (Å²) in [5, 5.41) is 0. The molecule has 0 spiro atoms. The van der Waals surface area contributed by atoms with Crippen LogP contribution in [0.5, 0.6) is 5.75 Å². The molecule has 0 aliphatic carbocycles. The highest BCUT2D eigenvalue weighted by molar-refractivity contribution is 5.79. The fraction of sp³-hybridized carbons (Fsp3) is 0.611. The number of rotatable bonds is 3. The second kappa shape index (κ2) is 6.49. The van der Waals surface area contributed by atoms with E-state index in [1.807, 2.05) is 17.0 Å². The molecule has 0 atom stereocenters. The topological polar surface area (TPSA) is 48.0 Å². The minimum Gasteiger partial charge on any atom is -0.493 e. The monoisotopic (exact) mass is 317 g/mol. The van der Waals surface area contributed by atoms with Gasteiger partial charge in [0.1, 0.15) is 5.75 Å². The van der Waals surface area contributed by atoms with Gasteiger partial charge in [-0.25, -0.2) is 0 Å². The van der Waals surface area contributed by atoms with Crippen molar-refractivity contribution in [2.24, 2.45) is 5.92 Å². The molecular weight excluding hydrogens is 294 g/mol. The van der Waals surface area contributed by atoms with Gasteiger partial charge in [-0.3, -0.25) is 4.79 Å². The lowest BCUT2D eigenvalue weighted by atomic mass is 9.95. The van der Waals surface area contributed by atoms with E-state index in [-0.39, 0.29) is 12.2 Å². The van der Waals surface area contributed by atoms with Crippen molar-refractivity contribution in [2.45, 2.75) is 32.0 Å². The van der Waals surface area contributed by atoms with Crippen LogP contribution in [0.25, 0.3) is 0 Å². The first-order valence-corrected chi connectivity index (χ1v) is 8.55. The molecule has 2 fully saturated rings. The van der Waals surface area contributed by atoms with Gasteiger partial charge >= 0.3 is 0 Å². The summed E-state index contributed by atoms with van der Waals surface area (Å²) in [4.78, 5) is 14.5. The summed E-state index contributed by atoms with van der Waals surface area (Å²) in [6.07, 6.45) is 3.31. The molecule has 3 aliphatic rings. The minimum absolute atomic E-state index is 0.0519. The van der Waals surface area contributed by atoms with E-state index in [1.54, 1.807) is 0 Å². The molecule has 0 bridgehead atoms. The number of likely N-dealkylation sites (tertiary alicyclic amines) is 1. The average Bonchev–Trinajstić information content (AvgIpc) is 3.26. The number of hydrogen-bond donors (Lipinski definition) is 0. The summed E-state index contributed by atoms with van der Waals surface area (Å²) in [5.74, 6) is 1.62. The molecule has 0 radical (unpaired) electrons. The van der Waals surface area contributed by atoms with E-state index in [2.05, 4.69) is 6.07 Å². The molecule has 0 saturated carbocycles. The zero-order chi connectivity index (χ0) is 15.6. The van der Waals surface area contributed by atoms with Crippen molar-refractivity contribution < 1.29 is 19.0 Å². The molecule has 5 heteroatoms. The van der Waals surface area contributed by atoms with Crippen LogP contribution in [0.15, 0.2) is 18.2 Å².